The molecule has 0 atom stereocenters. The van der Waals surface area contributed by atoms with Gasteiger partial charge in [-0.25, -0.2) is 9.78 Å². The molecule has 28 heavy (non-hydrogen) atoms. The number of aromatic nitrogens is 3. The molecule has 0 unspecified atom stereocenters. The van der Waals surface area contributed by atoms with E-state index >= 15 is 0 Å². The second kappa shape index (κ2) is 7.16. The fraction of sp³-hybridized carbons (Fsp3) is 0.111. The second-order valence-corrected chi connectivity index (χ2v) is 6.85. The number of para-hydroxylation sites is 2. The summed E-state index contributed by atoms with van der Waals surface area (Å²) in [7, 11) is 0. The van der Waals surface area contributed by atoms with Gasteiger partial charge in [0.1, 0.15) is 5.69 Å². The Morgan fingerprint density at radius 3 is 2.93 bits per heavy atom. The van der Waals surface area contributed by atoms with Crippen molar-refractivity contribution in [2.45, 2.75) is 13.0 Å². The Kier molecular flexibility index (Phi) is 4.53. The SMILES string of the molecule is NC(=O)c1cc(-c2csc(NC(=O)CCn3c(=O)oc4ccccc43)n2)c[nH]1. The predicted molar refractivity (Wildman–Crippen MR) is 104 cm³/mol. The number of H-pyrrole nitrogens is 1. The number of rotatable bonds is 6. The molecule has 2 amide bonds. The summed E-state index contributed by atoms with van der Waals surface area (Å²) in [5, 5.41) is 4.90. The van der Waals surface area contributed by atoms with Crippen molar-refractivity contribution in [3.8, 4) is 11.3 Å². The topological polar surface area (TPSA) is 136 Å². The summed E-state index contributed by atoms with van der Waals surface area (Å²) in [6.45, 7) is 0.194. The van der Waals surface area contributed by atoms with E-state index in [4.69, 9.17) is 10.2 Å². The maximum atomic E-state index is 12.2. The minimum absolute atomic E-state index is 0.0916. The Morgan fingerprint density at radius 1 is 1.32 bits per heavy atom. The van der Waals surface area contributed by atoms with Crippen molar-refractivity contribution in [1.82, 2.24) is 14.5 Å². The first-order valence-corrected chi connectivity index (χ1v) is 9.21. The molecule has 9 nitrogen and oxygen atoms in total. The number of primary amides is 1. The molecule has 1 aromatic carbocycles. The number of aryl methyl sites for hydroxylation is 1. The van der Waals surface area contributed by atoms with Crippen LogP contribution in [0.3, 0.4) is 0 Å². The molecule has 4 rings (SSSR count). The average molecular weight is 397 g/mol. The van der Waals surface area contributed by atoms with Gasteiger partial charge in [-0.3, -0.25) is 14.2 Å². The summed E-state index contributed by atoms with van der Waals surface area (Å²) >= 11 is 1.26. The lowest BCUT2D eigenvalue weighted by Gasteiger charge is -2.03. The predicted octanol–water partition coefficient (Wildman–Crippen LogP) is 2.17. The zero-order valence-corrected chi connectivity index (χ0v) is 15.3. The maximum Gasteiger partial charge on any atom is 0.419 e. The number of aromatic amines is 1. The number of oxazole rings is 1. The molecule has 4 N–H and O–H groups in total. The number of carbonyl (C=O) groups is 2. The molecule has 3 heterocycles. The largest absolute Gasteiger partial charge is 0.419 e. The number of hydrogen-bond donors (Lipinski definition) is 3. The number of nitrogens with zero attached hydrogens (tertiary/aromatic N) is 2. The third-order valence-electron chi connectivity index (χ3n) is 4.13. The highest BCUT2D eigenvalue weighted by molar-refractivity contribution is 7.14. The molecule has 142 valence electrons. The number of hydrogen-bond acceptors (Lipinski definition) is 6. The highest BCUT2D eigenvalue weighted by Gasteiger charge is 2.13. The van der Waals surface area contributed by atoms with Crippen LogP contribution >= 0.6 is 11.3 Å². The summed E-state index contributed by atoms with van der Waals surface area (Å²) in [6, 6.07) is 8.64. The Morgan fingerprint density at radius 2 is 2.14 bits per heavy atom. The Labute approximate surface area is 161 Å². The molecule has 3 aromatic heterocycles. The molecule has 0 aliphatic rings. The van der Waals surface area contributed by atoms with Gasteiger partial charge in [0.2, 0.25) is 5.91 Å². The van der Waals surface area contributed by atoms with E-state index in [1.165, 1.54) is 15.9 Å². The van der Waals surface area contributed by atoms with E-state index in [0.29, 0.717) is 27.5 Å². The summed E-state index contributed by atoms with van der Waals surface area (Å²) in [5.74, 6) is -1.33. The van der Waals surface area contributed by atoms with Crippen LogP contribution in [0, 0.1) is 0 Å². The van der Waals surface area contributed by atoms with Crippen LogP contribution in [0.4, 0.5) is 5.13 Å². The van der Waals surface area contributed by atoms with Crippen LogP contribution in [-0.2, 0) is 11.3 Å². The van der Waals surface area contributed by atoms with Crippen LogP contribution in [-0.4, -0.2) is 26.3 Å². The number of fused-ring (bicyclic) bond motifs is 1. The molecule has 0 aliphatic heterocycles. The number of nitrogens with two attached hydrogens (primary N) is 1. The smallest absolute Gasteiger partial charge is 0.408 e. The first-order valence-electron chi connectivity index (χ1n) is 8.33. The van der Waals surface area contributed by atoms with Gasteiger partial charge < -0.3 is 20.5 Å². The zero-order chi connectivity index (χ0) is 19.7. The number of carbonyl (C=O) groups excluding carboxylic acids is 2. The first-order chi connectivity index (χ1) is 13.5. The number of benzene rings is 1. The summed E-state index contributed by atoms with van der Waals surface area (Å²) in [4.78, 5) is 42.4. The van der Waals surface area contributed by atoms with Gasteiger partial charge in [0.05, 0.1) is 11.2 Å². The molecule has 0 saturated carbocycles. The fourth-order valence-electron chi connectivity index (χ4n) is 2.77. The van der Waals surface area contributed by atoms with E-state index in [9.17, 15) is 14.4 Å². The number of thiazole rings is 1. The zero-order valence-electron chi connectivity index (χ0n) is 14.5. The standard InChI is InChI=1S/C18H15N5O4S/c19-16(25)11-7-10(8-20-11)12-9-28-17(21-12)22-15(24)5-6-23-13-3-1-2-4-14(13)27-18(23)26/h1-4,7-9,20H,5-6H2,(H2,19,25)(H,21,22,24). The van der Waals surface area contributed by atoms with Gasteiger partial charge in [0.15, 0.2) is 10.7 Å². The molecule has 10 heteroatoms. The van der Waals surface area contributed by atoms with Crippen molar-refractivity contribution >= 4 is 39.4 Å². The molecule has 0 saturated heterocycles. The van der Waals surface area contributed by atoms with Crippen LogP contribution in [0.5, 0.6) is 0 Å². The minimum atomic E-state index is -0.558. The molecule has 0 aliphatic carbocycles. The highest BCUT2D eigenvalue weighted by atomic mass is 32.1. The third kappa shape index (κ3) is 3.45. The van der Waals surface area contributed by atoms with Crippen molar-refractivity contribution in [1.29, 1.82) is 0 Å². The van der Waals surface area contributed by atoms with Gasteiger partial charge >= 0.3 is 5.76 Å². The Bertz CT molecular complexity index is 1230. The average Bonchev–Trinajstić information content (AvgIpc) is 3.38. The molecule has 0 fully saturated rings. The molecule has 0 spiro atoms. The summed E-state index contributed by atoms with van der Waals surface area (Å²) < 4.78 is 6.57. The lowest BCUT2D eigenvalue weighted by atomic mass is 10.2. The van der Waals surface area contributed by atoms with Crippen molar-refractivity contribution in [3.63, 3.8) is 0 Å². The van der Waals surface area contributed by atoms with Crippen molar-refractivity contribution in [2.75, 3.05) is 5.32 Å². The number of amides is 2. The van der Waals surface area contributed by atoms with Crippen molar-refractivity contribution in [3.05, 3.63) is 58.2 Å². The van der Waals surface area contributed by atoms with E-state index < -0.39 is 11.7 Å². The normalized spacial score (nSPS) is 11.0. The van der Waals surface area contributed by atoms with E-state index in [2.05, 4.69) is 15.3 Å². The van der Waals surface area contributed by atoms with Gasteiger partial charge in [0, 0.05) is 30.1 Å². The molecule has 4 aromatic rings. The van der Waals surface area contributed by atoms with Gasteiger partial charge in [-0.2, -0.15) is 0 Å². The quantitative estimate of drug-likeness (QED) is 0.458. The van der Waals surface area contributed by atoms with E-state index in [1.54, 1.807) is 41.9 Å². The number of nitrogens with one attached hydrogen (secondary N) is 2. The lowest BCUT2D eigenvalue weighted by Crippen LogP contribution is -2.19. The Hall–Kier alpha value is -3.66. The van der Waals surface area contributed by atoms with E-state index in [-0.39, 0.29) is 24.6 Å². The fourth-order valence-corrected chi connectivity index (χ4v) is 3.50. The molecule has 0 radical (unpaired) electrons. The molecular formula is C18H15N5O4S. The van der Waals surface area contributed by atoms with Crippen LogP contribution in [0.15, 0.2) is 51.1 Å². The second-order valence-electron chi connectivity index (χ2n) is 5.99. The Balaban J connectivity index is 1.41. The van der Waals surface area contributed by atoms with Crippen LogP contribution in [0.1, 0.15) is 16.9 Å². The first kappa shape index (κ1) is 17.7. The highest BCUT2D eigenvalue weighted by Crippen LogP contribution is 2.25. The van der Waals surface area contributed by atoms with E-state index in [0.717, 1.165) is 0 Å². The monoisotopic (exact) mass is 397 g/mol. The van der Waals surface area contributed by atoms with Gasteiger partial charge in [0.25, 0.3) is 5.91 Å². The molecular weight excluding hydrogens is 382 g/mol. The number of anilines is 1. The van der Waals surface area contributed by atoms with Crippen molar-refractivity contribution in [2.24, 2.45) is 5.73 Å². The maximum absolute atomic E-state index is 12.2. The lowest BCUT2D eigenvalue weighted by molar-refractivity contribution is -0.116. The van der Waals surface area contributed by atoms with Gasteiger partial charge in [-0.15, -0.1) is 11.3 Å². The van der Waals surface area contributed by atoms with Gasteiger partial charge in [-0.05, 0) is 18.2 Å². The van der Waals surface area contributed by atoms with Gasteiger partial charge in [-0.1, -0.05) is 12.1 Å². The van der Waals surface area contributed by atoms with Crippen molar-refractivity contribution < 1.29 is 14.0 Å². The molecule has 0 bridgehead atoms. The van der Waals surface area contributed by atoms with E-state index in [1.807, 2.05) is 0 Å². The van der Waals surface area contributed by atoms with Crippen LogP contribution in [0.25, 0.3) is 22.4 Å². The third-order valence-corrected chi connectivity index (χ3v) is 4.89. The van der Waals surface area contributed by atoms with Crippen LogP contribution < -0.4 is 16.8 Å². The summed E-state index contributed by atoms with van der Waals surface area (Å²) in [6.07, 6.45) is 1.71. The van der Waals surface area contributed by atoms with Crippen LogP contribution in [0.2, 0.25) is 0 Å². The summed E-state index contributed by atoms with van der Waals surface area (Å²) in [5.41, 5.74) is 7.94. The minimum Gasteiger partial charge on any atom is -0.408 e.